The second kappa shape index (κ2) is 4.97. The first-order chi connectivity index (χ1) is 8.19. The predicted molar refractivity (Wildman–Crippen MR) is 58.6 cm³/mol. The highest BCUT2D eigenvalue weighted by Crippen LogP contribution is 2.14. The van der Waals surface area contributed by atoms with E-state index in [1.165, 1.54) is 16.1 Å². The highest BCUT2D eigenvalue weighted by atomic mass is 32.1. The Morgan fingerprint density at radius 2 is 2.41 bits per heavy atom. The van der Waals surface area contributed by atoms with Crippen molar-refractivity contribution in [3.8, 4) is 0 Å². The molecule has 2 heterocycles. The van der Waals surface area contributed by atoms with E-state index >= 15 is 0 Å². The van der Waals surface area contributed by atoms with Crippen molar-refractivity contribution in [2.24, 2.45) is 0 Å². The van der Waals surface area contributed by atoms with Gasteiger partial charge in [-0.25, -0.2) is 4.98 Å². The summed E-state index contributed by atoms with van der Waals surface area (Å²) in [5.41, 5.74) is 0. The van der Waals surface area contributed by atoms with E-state index in [2.05, 4.69) is 15.2 Å². The van der Waals surface area contributed by atoms with E-state index in [9.17, 15) is 10.1 Å². The first-order valence-corrected chi connectivity index (χ1v) is 5.47. The maximum Gasteiger partial charge on any atom is 0.410 e. The molecule has 2 rings (SSSR count). The zero-order valence-corrected chi connectivity index (χ0v) is 9.75. The molecule has 0 radical (unpaired) electrons. The van der Waals surface area contributed by atoms with Crippen molar-refractivity contribution in [1.29, 1.82) is 0 Å². The SMILES string of the molecule is COCc1cnc(Cn2ncc([N+](=O)[O-])n2)s1. The van der Waals surface area contributed by atoms with Crippen molar-refractivity contribution in [2.45, 2.75) is 13.2 Å². The Morgan fingerprint density at radius 1 is 1.59 bits per heavy atom. The van der Waals surface area contributed by atoms with E-state index in [4.69, 9.17) is 4.74 Å². The van der Waals surface area contributed by atoms with E-state index in [-0.39, 0.29) is 5.82 Å². The number of rotatable bonds is 5. The quantitative estimate of drug-likeness (QED) is 0.580. The van der Waals surface area contributed by atoms with Crippen molar-refractivity contribution in [2.75, 3.05) is 7.11 Å². The summed E-state index contributed by atoms with van der Waals surface area (Å²) in [6.45, 7) is 0.826. The molecule has 0 saturated heterocycles. The van der Waals surface area contributed by atoms with Crippen LogP contribution in [0.4, 0.5) is 5.82 Å². The molecule has 9 heteroatoms. The summed E-state index contributed by atoms with van der Waals surface area (Å²) in [4.78, 5) is 16.2. The molecule has 8 nitrogen and oxygen atoms in total. The van der Waals surface area contributed by atoms with Crippen molar-refractivity contribution >= 4 is 17.2 Å². The molecule has 2 aromatic heterocycles. The number of ether oxygens (including phenoxy) is 1. The Balaban J connectivity index is 2.05. The predicted octanol–water partition coefficient (Wildman–Crippen LogP) is 0.837. The van der Waals surface area contributed by atoms with Crippen LogP contribution >= 0.6 is 11.3 Å². The Hall–Kier alpha value is -1.87. The summed E-state index contributed by atoms with van der Waals surface area (Å²) < 4.78 is 4.97. The van der Waals surface area contributed by atoms with E-state index in [1.54, 1.807) is 13.3 Å². The summed E-state index contributed by atoms with van der Waals surface area (Å²) in [7, 11) is 1.61. The zero-order chi connectivity index (χ0) is 12.3. The van der Waals surface area contributed by atoms with Crippen molar-refractivity contribution in [1.82, 2.24) is 20.0 Å². The van der Waals surface area contributed by atoms with Crippen LogP contribution in [-0.4, -0.2) is 32.0 Å². The lowest BCUT2D eigenvalue weighted by Gasteiger charge is -1.91. The van der Waals surface area contributed by atoms with Gasteiger partial charge in [-0.3, -0.25) is 0 Å². The van der Waals surface area contributed by atoms with Crippen LogP contribution in [0.1, 0.15) is 9.88 Å². The summed E-state index contributed by atoms with van der Waals surface area (Å²) in [5, 5.41) is 18.7. The molecule has 17 heavy (non-hydrogen) atoms. The lowest BCUT2D eigenvalue weighted by atomic mass is 10.6. The van der Waals surface area contributed by atoms with Gasteiger partial charge in [0.2, 0.25) is 0 Å². The first-order valence-electron chi connectivity index (χ1n) is 4.66. The molecule has 0 spiro atoms. The minimum Gasteiger partial charge on any atom is -0.379 e. The van der Waals surface area contributed by atoms with E-state index < -0.39 is 4.92 Å². The molecule has 0 aromatic carbocycles. The number of nitrogens with zero attached hydrogens (tertiary/aromatic N) is 5. The second-order valence-electron chi connectivity index (χ2n) is 3.14. The van der Waals surface area contributed by atoms with Gasteiger partial charge in [-0.2, -0.15) is 0 Å². The van der Waals surface area contributed by atoms with Crippen molar-refractivity contribution in [3.05, 3.63) is 32.4 Å². The molecule has 0 atom stereocenters. The standard InChI is InChI=1S/C8H9N5O3S/c1-16-5-6-2-9-8(17-6)4-12-10-3-7(11-12)13(14)15/h2-3H,4-5H2,1H3. The summed E-state index contributed by atoms with van der Waals surface area (Å²) in [6, 6.07) is 0. The van der Waals surface area contributed by atoms with Gasteiger partial charge in [-0.05, 0) is 4.92 Å². The van der Waals surface area contributed by atoms with E-state index in [0.29, 0.717) is 13.2 Å². The molecule has 90 valence electrons. The Kier molecular flexibility index (Phi) is 3.40. The van der Waals surface area contributed by atoms with Crippen LogP contribution in [0.2, 0.25) is 0 Å². The third-order valence-electron chi connectivity index (χ3n) is 1.88. The number of hydrogen-bond acceptors (Lipinski definition) is 7. The molecule has 0 aliphatic heterocycles. The smallest absolute Gasteiger partial charge is 0.379 e. The van der Waals surface area contributed by atoms with Gasteiger partial charge in [0.25, 0.3) is 0 Å². The highest BCUT2D eigenvalue weighted by molar-refractivity contribution is 7.11. The fourth-order valence-corrected chi connectivity index (χ4v) is 2.07. The maximum atomic E-state index is 10.4. The van der Waals surface area contributed by atoms with Gasteiger partial charge in [-0.1, -0.05) is 4.80 Å². The van der Waals surface area contributed by atoms with Crippen molar-refractivity contribution in [3.63, 3.8) is 0 Å². The third kappa shape index (κ3) is 2.82. The zero-order valence-electron chi connectivity index (χ0n) is 8.94. The molecule has 0 saturated carbocycles. The van der Waals surface area contributed by atoms with E-state index in [0.717, 1.165) is 16.1 Å². The summed E-state index contributed by atoms with van der Waals surface area (Å²) in [5.74, 6) is -0.265. The first kappa shape index (κ1) is 11.6. The topological polar surface area (TPSA) is 96.0 Å². The van der Waals surface area contributed by atoms with Crippen LogP contribution in [0.5, 0.6) is 0 Å². The van der Waals surface area contributed by atoms with Crippen LogP contribution in [-0.2, 0) is 17.9 Å². The number of nitro groups is 1. The average molecular weight is 255 g/mol. The van der Waals surface area contributed by atoms with Crippen LogP contribution in [0.15, 0.2) is 12.4 Å². The molecule has 0 unspecified atom stereocenters. The normalized spacial score (nSPS) is 10.6. The van der Waals surface area contributed by atoms with Crippen LogP contribution in [0.25, 0.3) is 0 Å². The van der Waals surface area contributed by atoms with Gasteiger partial charge in [0, 0.05) is 13.3 Å². The maximum absolute atomic E-state index is 10.4. The van der Waals surface area contributed by atoms with Gasteiger partial charge in [0.15, 0.2) is 6.20 Å². The van der Waals surface area contributed by atoms with Crippen LogP contribution in [0.3, 0.4) is 0 Å². The fraction of sp³-hybridized carbons (Fsp3) is 0.375. The van der Waals surface area contributed by atoms with Gasteiger partial charge in [0.05, 0.1) is 16.6 Å². The third-order valence-corrected chi connectivity index (χ3v) is 2.83. The molecule has 2 aromatic rings. The highest BCUT2D eigenvalue weighted by Gasteiger charge is 2.13. The van der Waals surface area contributed by atoms with Gasteiger partial charge >= 0.3 is 5.82 Å². The molecular weight excluding hydrogens is 246 g/mol. The summed E-state index contributed by atoms with van der Waals surface area (Å²) >= 11 is 1.46. The minimum absolute atomic E-state index is 0.265. The Bertz CT molecular complexity index is 523. The molecule has 0 bridgehead atoms. The number of methoxy groups -OCH3 is 1. The van der Waals surface area contributed by atoms with Crippen LogP contribution < -0.4 is 0 Å². The second-order valence-corrected chi connectivity index (χ2v) is 4.34. The van der Waals surface area contributed by atoms with Gasteiger partial charge in [-0.15, -0.1) is 16.4 Å². The van der Waals surface area contributed by atoms with Gasteiger partial charge in [0.1, 0.15) is 11.6 Å². The lowest BCUT2D eigenvalue weighted by molar-refractivity contribution is -0.389. The van der Waals surface area contributed by atoms with Crippen LogP contribution in [0, 0.1) is 10.1 Å². The van der Waals surface area contributed by atoms with E-state index in [1.807, 2.05) is 0 Å². The largest absolute Gasteiger partial charge is 0.410 e. The lowest BCUT2D eigenvalue weighted by Crippen LogP contribution is -2.03. The molecule has 0 amide bonds. The number of aromatic nitrogens is 4. The summed E-state index contributed by atoms with van der Waals surface area (Å²) in [6.07, 6.45) is 2.82. The molecule has 0 N–H and O–H groups in total. The Morgan fingerprint density at radius 3 is 3.06 bits per heavy atom. The number of thiazole rings is 1. The van der Waals surface area contributed by atoms with Crippen molar-refractivity contribution < 1.29 is 9.66 Å². The number of hydrogen-bond donors (Lipinski definition) is 0. The molecule has 0 aliphatic carbocycles. The fourth-order valence-electron chi connectivity index (χ4n) is 1.20. The monoisotopic (exact) mass is 255 g/mol. The average Bonchev–Trinajstić information content (AvgIpc) is 2.89. The van der Waals surface area contributed by atoms with Gasteiger partial charge < -0.3 is 14.9 Å². The molecule has 0 fully saturated rings. The Labute approximate surface area is 100 Å². The minimum atomic E-state index is -0.582. The molecule has 0 aliphatic rings. The molecular formula is C8H9N5O3S.